The number of aromatic nitrogens is 2. The van der Waals surface area contributed by atoms with Crippen LogP contribution in [-0.2, 0) is 19.6 Å². The summed E-state index contributed by atoms with van der Waals surface area (Å²) in [5.74, 6) is 0. The monoisotopic (exact) mass is 608 g/mol. The third-order valence-corrected chi connectivity index (χ3v) is 10.2. The van der Waals surface area contributed by atoms with E-state index in [2.05, 4.69) is 130 Å². The summed E-state index contributed by atoms with van der Waals surface area (Å²) in [4.78, 5) is 14.8. The van der Waals surface area contributed by atoms with Crippen molar-refractivity contribution >= 4 is 0 Å². The molecule has 1 saturated heterocycles. The summed E-state index contributed by atoms with van der Waals surface area (Å²) in [6.45, 7) is 18.2. The van der Waals surface area contributed by atoms with E-state index in [4.69, 9.17) is 9.97 Å². The number of piperidine rings is 1. The van der Waals surface area contributed by atoms with Crippen molar-refractivity contribution in [1.82, 2.24) is 19.8 Å². The van der Waals surface area contributed by atoms with Crippen LogP contribution in [0.5, 0.6) is 0 Å². The van der Waals surface area contributed by atoms with Crippen LogP contribution in [0.2, 0.25) is 0 Å². The summed E-state index contributed by atoms with van der Waals surface area (Å²) in [7, 11) is 0. The van der Waals surface area contributed by atoms with Gasteiger partial charge in [-0.1, -0.05) is 42.5 Å². The Morgan fingerprint density at radius 1 is 0.630 bits per heavy atom. The molecule has 1 aliphatic heterocycles. The SMILES string of the molecule is Cc1cc(-c2cncc(CN(Cc3ccccc3)C3CCN(Cc4ccnc(-c5cc(C)c(C)c(C)c5)c4)CC3)c2)cc(C)c1C. The number of pyridine rings is 2. The van der Waals surface area contributed by atoms with E-state index in [1.54, 1.807) is 0 Å². The predicted molar refractivity (Wildman–Crippen MR) is 192 cm³/mol. The zero-order valence-electron chi connectivity index (χ0n) is 28.5. The van der Waals surface area contributed by atoms with Crippen LogP contribution in [0.25, 0.3) is 22.4 Å². The normalized spacial score (nSPS) is 14.2. The maximum Gasteiger partial charge on any atom is 0.0705 e. The Bertz CT molecular complexity index is 1750. The Morgan fingerprint density at radius 3 is 1.89 bits per heavy atom. The summed E-state index contributed by atoms with van der Waals surface area (Å²) in [6.07, 6.45) is 8.36. The Hall–Kier alpha value is -4.12. The third-order valence-electron chi connectivity index (χ3n) is 10.2. The molecule has 6 rings (SSSR count). The Morgan fingerprint density at radius 2 is 1.24 bits per heavy atom. The lowest BCUT2D eigenvalue weighted by atomic mass is 9.96. The number of rotatable bonds is 9. The molecule has 0 bridgehead atoms. The van der Waals surface area contributed by atoms with Gasteiger partial charge in [0.25, 0.3) is 0 Å². The van der Waals surface area contributed by atoms with Gasteiger partial charge in [0.15, 0.2) is 0 Å². The number of aryl methyl sites for hydroxylation is 4. The molecule has 3 heterocycles. The minimum atomic E-state index is 0.524. The largest absolute Gasteiger partial charge is 0.299 e. The zero-order valence-corrected chi connectivity index (χ0v) is 28.5. The maximum absolute atomic E-state index is 4.74. The summed E-state index contributed by atoms with van der Waals surface area (Å²) in [6, 6.07) is 27.4. The maximum atomic E-state index is 4.74. The number of hydrogen-bond donors (Lipinski definition) is 0. The molecule has 5 aromatic rings. The fourth-order valence-corrected chi connectivity index (χ4v) is 6.92. The van der Waals surface area contributed by atoms with E-state index in [0.29, 0.717) is 6.04 Å². The van der Waals surface area contributed by atoms with Crippen LogP contribution in [0, 0.1) is 41.5 Å². The Balaban J connectivity index is 1.15. The first-order valence-electron chi connectivity index (χ1n) is 16.8. The highest BCUT2D eigenvalue weighted by atomic mass is 15.2. The summed E-state index contributed by atoms with van der Waals surface area (Å²) < 4.78 is 0. The van der Waals surface area contributed by atoms with Crippen LogP contribution in [0.15, 0.2) is 91.4 Å². The quantitative estimate of drug-likeness (QED) is 0.167. The highest BCUT2D eigenvalue weighted by molar-refractivity contribution is 5.66. The van der Waals surface area contributed by atoms with Crippen molar-refractivity contribution in [2.75, 3.05) is 13.1 Å². The van der Waals surface area contributed by atoms with E-state index in [9.17, 15) is 0 Å². The molecule has 0 atom stereocenters. The number of nitrogens with zero attached hydrogens (tertiary/aromatic N) is 4. The molecular weight excluding hydrogens is 560 g/mol. The molecule has 0 radical (unpaired) electrons. The third kappa shape index (κ3) is 7.46. The second-order valence-corrected chi connectivity index (χ2v) is 13.5. The van der Waals surface area contributed by atoms with Gasteiger partial charge in [0, 0.05) is 55.4 Å². The molecule has 2 aromatic heterocycles. The molecule has 0 aliphatic carbocycles. The standard InChI is InChI=1S/C42H48N4/c1-29-18-38(19-30(2)33(29)5)40-22-37(24-43-25-40)28-46(27-35-10-8-7-9-11-35)41-13-16-45(17-14-41)26-36-12-15-44-42(23-36)39-20-31(3)34(6)32(4)21-39/h7-12,15,18-25,41H,13-14,16-17,26-28H2,1-6H3. The molecular formula is C42H48N4. The van der Waals surface area contributed by atoms with Crippen LogP contribution in [0.3, 0.4) is 0 Å². The van der Waals surface area contributed by atoms with Gasteiger partial charge in [-0.3, -0.25) is 19.8 Å². The van der Waals surface area contributed by atoms with E-state index in [-0.39, 0.29) is 0 Å². The summed E-state index contributed by atoms with van der Waals surface area (Å²) in [5, 5.41) is 0. The van der Waals surface area contributed by atoms with Crippen LogP contribution < -0.4 is 0 Å². The fraction of sp³-hybridized carbons (Fsp3) is 0.333. The van der Waals surface area contributed by atoms with Crippen molar-refractivity contribution in [3.63, 3.8) is 0 Å². The molecule has 1 fully saturated rings. The molecule has 236 valence electrons. The molecule has 0 unspecified atom stereocenters. The van der Waals surface area contributed by atoms with Crippen LogP contribution in [0.4, 0.5) is 0 Å². The van der Waals surface area contributed by atoms with Gasteiger partial charge < -0.3 is 0 Å². The molecule has 1 aliphatic rings. The molecule has 4 heteroatoms. The smallest absolute Gasteiger partial charge is 0.0705 e. The lowest BCUT2D eigenvalue weighted by Crippen LogP contribution is -2.44. The van der Waals surface area contributed by atoms with E-state index in [1.165, 1.54) is 66.8 Å². The van der Waals surface area contributed by atoms with Gasteiger partial charge in [-0.05, 0) is 153 Å². The fourth-order valence-electron chi connectivity index (χ4n) is 6.92. The Kier molecular flexibility index (Phi) is 9.77. The average Bonchev–Trinajstić information content (AvgIpc) is 3.06. The van der Waals surface area contributed by atoms with Gasteiger partial charge in [-0.2, -0.15) is 0 Å². The zero-order chi connectivity index (χ0) is 32.2. The van der Waals surface area contributed by atoms with Crippen molar-refractivity contribution in [2.24, 2.45) is 0 Å². The van der Waals surface area contributed by atoms with E-state index in [1.807, 2.05) is 12.4 Å². The van der Waals surface area contributed by atoms with E-state index in [0.717, 1.165) is 51.3 Å². The van der Waals surface area contributed by atoms with Crippen molar-refractivity contribution in [1.29, 1.82) is 0 Å². The van der Waals surface area contributed by atoms with Crippen molar-refractivity contribution in [3.05, 3.63) is 141 Å². The van der Waals surface area contributed by atoms with Crippen molar-refractivity contribution in [2.45, 2.75) is 80.1 Å². The van der Waals surface area contributed by atoms with Crippen LogP contribution in [-0.4, -0.2) is 38.9 Å². The summed E-state index contributed by atoms with van der Waals surface area (Å²) >= 11 is 0. The van der Waals surface area contributed by atoms with E-state index >= 15 is 0 Å². The molecule has 46 heavy (non-hydrogen) atoms. The first-order valence-corrected chi connectivity index (χ1v) is 16.8. The first kappa shape index (κ1) is 31.8. The molecule has 0 amide bonds. The van der Waals surface area contributed by atoms with Gasteiger partial charge >= 0.3 is 0 Å². The van der Waals surface area contributed by atoms with Crippen molar-refractivity contribution in [3.8, 4) is 22.4 Å². The molecule has 0 saturated carbocycles. The number of hydrogen-bond acceptors (Lipinski definition) is 4. The molecule has 4 nitrogen and oxygen atoms in total. The first-order chi connectivity index (χ1) is 22.2. The topological polar surface area (TPSA) is 32.3 Å². The van der Waals surface area contributed by atoms with E-state index < -0.39 is 0 Å². The van der Waals surface area contributed by atoms with Gasteiger partial charge in [-0.25, -0.2) is 0 Å². The molecule has 3 aromatic carbocycles. The van der Waals surface area contributed by atoms with Crippen LogP contribution >= 0.6 is 0 Å². The van der Waals surface area contributed by atoms with Gasteiger partial charge in [0.05, 0.1) is 5.69 Å². The highest BCUT2D eigenvalue weighted by Gasteiger charge is 2.25. The minimum absolute atomic E-state index is 0.524. The minimum Gasteiger partial charge on any atom is -0.299 e. The average molecular weight is 609 g/mol. The highest BCUT2D eigenvalue weighted by Crippen LogP contribution is 2.28. The van der Waals surface area contributed by atoms with Gasteiger partial charge in [-0.15, -0.1) is 0 Å². The second kappa shape index (κ2) is 14.1. The number of likely N-dealkylation sites (tertiary alicyclic amines) is 1. The van der Waals surface area contributed by atoms with Crippen LogP contribution in [0.1, 0.15) is 62.9 Å². The lowest BCUT2D eigenvalue weighted by Gasteiger charge is -2.39. The molecule has 0 N–H and O–H groups in total. The van der Waals surface area contributed by atoms with Gasteiger partial charge in [0.1, 0.15) is 0 Å². The predicted octanol–water partition coefficient (Wildman–Crippen LogP) is 9.33. The molecule has 0 spiro atoms. The van der Waals surface area contributed by atoms with Gasteiger partial charge in [0.2, 0.25) is 0 Å². The number of benzene rings is 3. The Labute approximate surface area is 276 Å². The van der Waals surface area contributed by atoms with Crippen molar-refractivity contribution < 1.29 is 0 Å². The summed E-state index contributed by atoms with van der Waals surface area (Å²) in [5.41, 5.74) is 16.8. The lowest BCUT2D eigenvalue weighted by molar-refractivity contribution is 0.0932. The second-order valence-electron chi connectivity index (χ2n) is 13.5.